The SMILES string of the molecule is O=S1(=O)CC(F)C=CCO1. The number of alkyl halides is 1. The highest BCUT2D eigenvalue weighted by Crippen LogP contribution is 2.06. The van der Waals surface area contributed by atoms with Crippen molar-refractivity contribution in [2.45, 2.75) is 6.17 Å². The molecule has 3 nitrogen and oxygen atoms in total. The maximum Gasteiger partial charge on any atom is 0.270 e. The lowest BCUT2D eigenvalue weighted by Gasteiger charge is -1.99. The molecular formula is C5H7FO3S. The molecule has 1 rings (SSSR count). The normalized spacial score (nSPS) is 31.5. The molecule has 0 N–H and O–H groups in total. The van der Waals surface area contributed by atoms with Crippen molar-refractivity contribution < 1.29 is 17.0 Å². The van der Waals surface area contributed by atoms with Crippen molar-refractivity contribution in [3.8, 4) is 0 Å². The maximum atomic E-state index is 12.4. The van der Waals surface area contributed by atoms with E-state index in [9.17, 15) is 12.8 Å². The smallest absolute Gasteiger partial charge is 0.266 e. The van der Waals surface area contributed by atoms with Crippen LogP contribution in [-0.2, 0) is 14.3 Å². The Labute approximate surface area is 58.6 Å². The van der Waals surface area contributed by atoms with Gasteiger partial charge in [0.1, 0.15) is 11.9 Å². The third-order valence-electron chi connectivity index (χ3n) is 1.05. The van der Waals surface area contributed by atoms with Gasteiger partial charge in [0.25, 0.3) is 10.1 Å². The second-order valence-electron chi connectivity index (χ2n) is 1.95. The largest absolute Gasteiger partial charge is 0.270 e. The Morgan fingerprint density at radius 3 is 3.00 bits per heavy atom. The fraction of sp³-hybridized carbons (Fsp3) is 0.600. The van der Waals surface area contributed by atoms with E-state index < -0.39 is 22.0 Å². The first-order valence-electron chi connectivity index (χ1n) is 2.78. The maximum absolute atomic E-state index is 12.4. The molecule has 0 aromatic rings. The first-order valence-corrected chi connectivity index (χ1v) is 4.36. The highest BCUT2D eigenvalue weighted by molar-refractivity contribution is 7.86. The molecule has 0 radical (unpaired) electrons. The minimum atomic E-state index is -3.61. The lowest BCUT2D eigenvalue weighted by molar-refractivity contribution is 0.353. The number of hydrogen-bond donors (Lipinski definition) is 0. The highest BCUT2D eigenvalue weighted by atomic mass is 32.2. The molecule has 58 valence electrons. The second-order valence-corrected chi connectivity index (χ2v) is 3.64. The van der Waals surface area contributed by atoms with E-state index in [0.717, 1.165) is 0 Å². The summed E-state index contributed by atoms with van der Waals surface area (Å²) in [6.07, 6.45) is 1.12. The summed E-state index contributed by atoms with van der Waals surface area (Å²) < 4.78 is 37.9. The van der Waals surface area contributed by atoms with Crippen LogP contribution in [0.2, 0.25) is 0 Å². The quantitative estimate of drug-likeness (QED) is 0.382. The monoisotopic (exact) mass is 166 g/mol. The minimum Gasteiger partial charge on any atom is -0.266 e. The van der Waals surface area contributed by atoms with Crippen LogP contribution in [0, 0.1) is 0 Å². The van der Waals surface area contributed by atoms with E-state index in [1.807, 2.05) is 0 Å². The van der Waals surface area contributed by atoms with Gasteiger partial charge >= 0.3 is 0 Å². The first kappa shape index (κ1) is 7.68. The van der Waals surface area contributed by atoms with E-state index in [2.05, 4.69) is 4.18 Å². The number of allylic oxidation sites excluding steroid dienone is 1. The Morgan fingerprint density at radius 2 is 2.30 bits per heavy atom. The molecule has 1 atom stereocenters. The molecule has 0 saturated heterocycles. The topological polar surface area (TPSA) is 43.4 Å². The van der Waals surface area contributed by atoms with Crippen LogP contribution in [-0.4, -0.2) is 26.9 Å². The molecule has 0 aliphatic carbocycles. The number of hydrogen-bond acceptors (Lipinski definition) is 3. The predicted molar refractivity (Wildman–Crippen MR) is 33.8 cm³/mol. The van der Waals surface area contributed by atoms with Gasteiger partial charge in [-0.25, -0.2) is 4.39 Å². The third kappa shape index (κ3) is 2.07. The van der Waals surface area contributed by atoms with E-state index >= 15 is 0 Å². The third-order valence-corrected chi connectivity index (χ3v) is 2.27. The summed E-state index contributed by atoms with van der Waals surface area (Å²) >= 11 is 0. The van der Waals surface area contributed by atoms with Crippen LogP contribution in [0.25, 0.3) is 0 Å². The molecule has 0 spiro atoms. The van der Waals surface area contributed by atoms with Crippen molar-refractivity contribution in [1.29, 1.82) is 0 Å². The average molecular weight is 166 g/mol. The van der Waals surface area contributed by atoms with Crippen molar-refractivity contribution in [2.75, 3.05) is 12.4 Å². The van der Waals surface area contributed by atoms with Crippen LogP contribution in [0.15, 0.2) is 12.2 Å². The van der Waals surface area contributed by atoms with Gasteiger partial charge < -0.3 is 0 Å². The van der Waals surface area contributed by atoms with Crippen molar-refractivity contribution >= 4 is 10.1 Å². The van der Waals surface area contributed by atoms with Crippen LogP contribution in [0.3, 0.4) is 0 Å². The Balaban J connectivity index is 2.74. The Morgan fingerprint density at radius 1 is 1.60 bits per heavy atom. The standard InChI is InChI=1S/C5H7FO3S/c6-5-2-1-3-9-10(7,8)4-5/h1-2,5H,3-4H2. The van der Waals surface area contributed by atoms with Gasteiger partial charge in [0.2, 0.25) is 0 Å². The fourth-order valence-electron chi connectivity index (χ4n) is 0.645. The van der Waals surface area contributed by atoms with Crippen LogP contribution in [0.5, 0.6) is 0 Å². The molecule has 0 amide bonds. The van der Waals surface area contributed by atoms with E-state index in [1.54, 1.807) is 0 Å². The number of rotatable bonds is 0. The van der Waals surface area contributed by atoms with Gasteiger partial charge in [-0.05, 0) is 0 Å². The number of halogens is 1. The molecule has 0 saturated carbocycles. The van der Waals surface area contributed by atoms with Gasteiger partial charge in [-0.1, -0.05) is 12.2 Å². The Kier molecular flexibility index (Phi) is 2.05. The van der Waals surface area contributed by atoms with Crippen molar-refractivity contribution in [3.05, 3.63) is 12.2 Å². The summed E-state index contributed by atoms with van der Waals surface area (Å²) in [7, 11) is -3.61. The van der Waals surface area contributed by atoms with Crippen LogP contribution < -0.4 is 0 Å². The summed E-state index contributed by atoms with van der Waals surface area (Å²) in [5.74, 6) is -0.566. The van der Waals surface area contributed by atoms with Gasteiger partial charge in [-0.15, -0.1) is 0 Å². The van der Waals surface area contributed by atoms with E-state index in [4.69, 9.17) is 0 Å². The van der Waals surface area contributed by atoms with Gasteiger partial charge in [0.15, 0.2) is 0 Å². The zero-order chi connectivity index (χ0) is 7.61. The predicted octanol–water partition coefficient (Wildman–Crippen LogP) is 0.241. The van der Waals surface area contributed by atoms with Crippen LogP contribution >= 0.6 is 0 Å². The van der Waals surface area contributed by atoms with Crippen LogP contribution in [0.4, 0.5) is 4.39 Å². The van der Waals surface area contributed by atoms with Gasteiger partial charge in [-0.3, -0.25) is 4.18 Å². The van der Waals surface area contributed by atoms with Gasteiger partial charge in [0, 0.05) is 0 Å². The summed E-state index contributed by atoms with van der Waals surface area (Å²) in [6, 6.07) is 0. The van der Waals surface area contributed by atoms with E-state index in [1.165, 1.54) is 12.2 Å². The molecule has 1 aliphatic heterocycles. The molecular weight excluding hydrogens is 159 g/mol. The van der Waals surface area contributed by atoms with E-state index in [0.29, 0.717) is 0 Å². The molecule has 10 heavy (non-hydrogen) atoms. The van der Waals surface area contributed by atoms with Crippen molar-refractivity contribution in [2.24, 2.45) is 0 Å². The van der Waals surface area contributed by atoms with Gasteiger partial charge in [0.05, 0.1) is 6.61 Å². The van der Waals surface area contributed by atoms with E-state index in [-0.39, 0.29) is 6.61 Å². The zero-order valence-corrected chi connectivity index (χ0v) is 5.97. The fourth-order valence-corrected chi connectivity index (χ4v) is 1.53. The molecule has 0 fully saturated rings. The molecule has 5 heteroatoms. The highest BCUT2D eigenvalue weighted by Gasteiger charge is 2.19. The minimum absolute atomic E-state index is 0.0528. The molecule has 1 heterocycles. The molecule has 1 unspecified atom stereocenters. The van der Waals surface area contributed by atoms with Crippen LogP contribution in [0.1, 0.15) is 0 Å². The molecule has 0 bridgehead atoms. The zero-order valence-electron chi connectivity index (χ0n) is 5.16. The molecule has 1 aliphatic rings. The van der Waals surface area contributed by atoms with Crippen molar-refractivity contribution in [3.63, 3.8) is 0 Å². The molecule has 0 aromatic carbocycles. The van der Waals surface area contributed by atoms with Gasteiger partial charge in [-0.2, -0.15) is 8.42 Å². The lowest BCUT2D eigenvalue weighted by atomic mass is 10.4. The molecule has 0 aromatic heterocycles. The summed E-state index contributed by atoms with van der Waals surface area (Å²) in [5, 5.41) is 0. The first-order chi connectivity index (χ1) is 4.60. The van der Waals surface area contributed by atoms with Crippen molar-refractivity contribution in [1.82, 2.24) is 0 Å². The summed E-state index contributed by atoms with van der Waals surface area (Å²) in [6.45, 7) is -0.0528. The Bertz CT molecular complexity index is 231. The Hall–Kier alpha value is -0.420. The lowest BCUT2D eigenvalue weighted by Crippen LogP contribution is -2.15. The average Bonchev–Trinajstić information content (AvgIpc) is 1.90. The summed E-state index contributed by atoms with van der Waals surface area (Å²) in [5.41, 5.74) is 0. The summed E-state index contributed by atoms with van der Waals surface area (Å²) in [4.78, 5) is 0. The second kappa shape index (κ2) is 2.67.